The molecule has 0 aromatic heterocycles. The zero-order valence-electron chi connectivity index (χ0n) is 9.06. The molecule has 1 aromatic carbocycles. The van der Waals surface area contributed by atoms with E-state index in [1.807, 2.05) is 23.1 Å². The van der Waals surface area contributed by atoms with Crippen molar-refractivity contribution in [3.8, 4) is 12.3 Å². The lowest BCUT2D eigenvalue weighted by Gasteiger charge is -2.24. The molecule has 0 amide bonds. The molecular weight excluding hydrogens is 186 g/mol. The second-order valence-corrected chi connectivity index (χ2v) is 3.63. The fraction of sp³-hybridized carbons (Fsp3) is 0.385. The molecule has 1 unspecified atom stereocenters. The number of hydrogen-bond acceptors (Lipinski definition) is 2. The van der Waals surface area contributed by atoms with Crippen LogP contribution < -0.4 is 0 Å². The van der Waals surface area contributed by atoms with Crippen LogP contribution in [0.5, 0.6) is 0 Å². The van der Waals surface area contributed by atoms with Crippen molar-refractivity contribution in [1.29, 1.82) is 0 Å². The third-order valence-electron chi connectivity index (χ3n) is 2.47. The van der Waals surface area contributed by atoms with Gasteiger partial charge in [-0.05, 0) is 18.9 Å². The number of aliphatic hydroxyl groups is 1. The predicted octanol–water partition coefficient (Wildman–Crippen LogP) is 1.50. The SMILES string of the molecule is C#CCN(CO)C(C)Cc1ccccc1. The summed E-state index contributed by atoms with van der Waals surface area (Å²) in [5.41, 5.74) is 1.26. The summed E-state index contributed by atoms with van der Waals surface area (Å²) in [5.74, 6) is 2.55. The number of aliphatic hydroxyl groups excluding tert-OH is 1. The van der Waals surface area contributed by atoms with E-state index in [1.54, 1.807) is 0 Å². The van der Waals surface area contributed by atoms with Crippen LogP contribution in [0.3, 0.4) is 0 Å². The average molecular weight is 203 g/mol. The van der Waals surface area contributed by atoms with Crippen LogP contribution in [0.1, 0.15) is 12.5 Å². The number of hydrogen-bond donors (Lipinski definition) is 1. The molecule has 15 heavy (non-hydrogen) atoms. The second-order valence-electron chi connectivity index (χ2n) is 3.63. The summed E-state index contributed by atoms with van der Waals surface area (Å²) in [6, 6.07) is 10.5. The van der Waals surface area contributed by atoms with Crippen LogP contribution in [-0.4, -0.2) is 29.3 Å². The molecule has 1 N–H and O–H groups in total. The van der Waals surface area contributed by atoms with Crippen molar-refractivity contribution in [3.63, 3.8) is 0 Å². The third kappa shape index (κ3) is 3.75. The van der Waals surface area contributed by atoms with Crippen LogP contribution in [0.4, 0.5) is 0 Å². The molecule has 1 rings (SSSR count). The third-order valence-corrected chi connectivity index (χ3v) is 2.47. The van der Waals surface area contributed by atoms with E-state index >= 15 is 0 Å². The first-order valence-corrected chi connectivity index (χ1v) is 5.10. The minimum absolute atomic E-state index is 0.0121. The lowest BCUT2D eigenvalue weighted by Crippen LogP contribution is -2.35. The van der Waals surface area contributed by atoms with Gasteiger partial charge in [0.15, 0.2) is 0 Å². The van der Waals surface area contributed by atoms with Gasteiger partial charge in [0.05, 0.1) is 13.3 Å². The zero-order valence-corrected chi connectivity index (χ0v) is 9.06. The Labute approximate surface area is 91.5 Å². The summed E-state index contributed by atoms with van der Waals surface area (Å²) in [6.45, 7) is 2.57. The quantitative estimate of drug-likeness (QED) is 0.579. The van der Waals surface area contributed by atoms with Gasteiger partial charge in [0.2, 0.25) is 0 Å². The highest BCUT2D eigenvalue weighted by Gasteiger charge is 2.11. The Kier molecular flexibility index (Phi) is 4.89. The van der Waals surface area contributed by atoms with Crippen LogP contribution in [-0.2, 0) is 6.42 Å². The smallest absolute Gasteiger partial charge is 0.0966 e. The topological polar surface area (TPSA) is 23.5 Å². The maximum absolute atomic E-state index is 9.14. The highest BCUT2D eigenvalue weighted by Crippen LogP contribution is 2.07. The summed E-state index contributed by atoms with van der Waals surface area (Å²) >= 11 is 0. The van der Waals surface area contributed by atoms with Gasteiger partial charge in [-0.15, -0.1) is 6.42 Å². The maximum Gasteiger partial charge on any atom is 0.0966 e. The number of nitrogens with zero attached hydrogens (tertiary/aromatic N) is 1. The molecule has 0 radical (unpaired) electrons. The molecule has 1 aromatic rings. The summed E-state index contributed by atoms with van der Waals surface area (Å²) in [4.78, 5) is 1.87. The highest BCUT2D eigenvalue weighted by atomic mass is 16.3. The first kappa shape index (κ1) is 11.8. The molecule has 2 nitrogen and oxygen atoms in total. The minimum Gasteiger partial charge on any atom is -0.381 e. The first-order chi connectivity index (χ1) is 7.27. The Bertz CT molecular complexity index is 315. The van der Waals surface area contributed by atoms with E-state index in [2.05, 4.69) is 25.0 Å². The Balaban J connectivity index is 2.54. The molecule has 2 heteroatoms. The summed E-state index contributed by atoms with van der Waals surface area (Å²) < 4.78 is 0. The van der Waals surface area contributed by atoms with Crippen LogP contribution in [0.15, 0.2) is 30.3 Å². The zero-order chi connectivity index (χ0) is 11.1. The van der Waals surface area contributed by atoms with Gasteiger partial charge in [-0.25, -0.2) is 0 Å². The molecule has 0 aliphatic heterocycles. The number of terminal acetylenes is 1. The number of benzene rings is 1. The molecule has 0 aliphatic carbocycles. The highest BCUT2D eigenvalue weighted by molar-refractivity contribution is 5.15. The summed E-state index contributed by atoms with van der Waals surface area (Å²) in [7, 11) is 0. The largest absolute Gasteiger partial charge is 0.381 e. The van der Waals surface area contributed by atoms with Gasteiger partial charge in [0.1, 0.15) is 0 Å². The molecule has 1 atom stereocenters. The van der Waals surface area contributed by atoms with Crippen molar-refractivity contribution >= 4 is 0 Å². The predicted molar refractivity (Wildman–Crippen MR) is 62.2 cm³/mol. The molecule has 0 saturated heterocycles. The van der Waals surface area contributed by atoms with Crippen molar-refractivity contribution in [1.82, 2.24) is 4.90 Å². The van der Waals surface area contributed by atoms with Crippen molar-refractivity contribution in [2.24, 2.45) is 0 Å². The van der Waals surface area contributed by atoms with E-state index in [-0.39, 0.29) is 12.8 Å². The van der Waals surface area contributed by atoms with Gasteiger partial charge < -0.3 is 5.11 Å². The van der Waals surface area contributed by atoms with E-state index < -0.39 is 0 Å². The molecule has 0 spiro atoms. The molecule has 0 heterocycles. The second kappa shape index (κ2) is 6.23. The summed E-state index contributed by atoms with van der Waals surface area (Å²) in [5, 5.41) is 9.14. The van der Waals surface area contributed by atoms with Gasteiger partial charge in [0, 0.05) is 6.04 Å². The van der Waals surface area contributed by atoms with E-state index in [0.29, 0.717) is 6.54 Å². The Morgan fingerprint density at radius 3 is 2.60 bits per heavy atom. The van der Waals surface area contributed by atoms with Crippen molar-refractivity contribution in [2.45, 2.75) is 19.4 Å². The Morgan fingerprint density at radius 1 is 1.40 bits per heavy atom. The molecule has 0 bridgehead atoms. The lowest BCUT2D eigenvalue weighted by molar-refractivity contribution is 0.0874. The van der Waals surface area contributed by atoms with E-state index in [1.165, 1.54) is 5.56 Å². The van der Waals surface area contributed by atoms with Crippen LogP contribution in [0.2, 0.25) is 0 Å². The standard InChI is InChI=1S/C13H17NO/c1-3-9-14(11-15)12(2)10-13-7-5-4-6-8-13/h1,4-8,12,15H,9-11H2,2H3. The molecule has 80 valence electrons. The Hall–Kier alpha value is -1.30. The summed E-state index contributed by atoms with van der Waals surface area (Å²) in [6.07, 6.45) is 6.14. The van der Waals surface area contributed by atoms with E-state index in [4.69, 9.17) is 11.5 Å². The van der Waals surface area contributed by atoms with Crippen molar-refractivity contribution in [2.75, 3.05) is 13.3 Å². The fourth-order valence-electron chi connectivity index (χ4n) is 1.55. The molecule has 0 aliphatic rings. The maximum atomic E-state index is 9.14. The monoisotopic (exact) mass is 203 g/mol. The van der Waals surface area contributed by atoms with Crippen LogP contribution in [0.25, 0.3) is 0 Å². The van der Waals surface area contributed by atoms with Crippen molar-refractivity contribution in [3.05, 3.63) is 35.9 Å². The molecule has 0 fully saturated rings. The molecular formula is C13H17NO. The van der Waals surface area contributed by atoms with E-state index in [9.17, 15) is 0 Å². The average Bonchev–Trinajstić information content (AvgIpc) is 2.27. The van der Waals surface area contributed by atoms with Crippen molar-refractivity contribution < 1.29 is 5.11 Å². The van der Waals surface area contributed by atoms with E-state index in [0.717, 1.165) is 6.42 Å². The van der Waals surface area contributed by atoms with Gasteiger partial charge in [-0.1, -0.05) is 36.3 Å². The van der Waals surface area contributed by atoms with Crippen LogP contribution >= 0.6 is 0 Å². The molecule has 0 saturated carbocycles. The normalized spacial score (nSPS) is 12.4. The Morgan fingerprint density at radius 2 is 2.07 bits per heavy atom. The fourth-order valence-corrected chi connectivity index (χ4v) is 1.55. The van der Waals surface area contributed by atoms with Gasteiger partial charge in [0.25, 0.3) is 0 Å². The van der Waals surface area contributed by atoms with Gasteiger partial charge >= 0.3 is 0 Å². The lowest BCUT2D eigenvalue weighted by atomic mass is 10.1. The number of rotatable bonds is 5. The first-order valence-electron chi connectivity index (χ1n) is 5.10. The van der Waals surface area contributed by atoms with Gasteiger partial charge in [-0.2, -0.15) is 0 Å². The minimum atomic E-state index is 0.0121. The van der Waals surface area contributed by atoms with Gasteiger partial charge in [-0.3, -0.25) is 4.90 Å². The van der Waals surface area contributed by atoms with Crippen LogP contribution in [0, 0.1) is 12.3 Å².